The Balaban J connectivity index is 2.66. The van der Waals surface area contributed by atoms with E-state index in [1.807, 2.05) is 24.1 Å². The van der Waals surface area contributed by atoms with Crippen LogP contribution in [-0.4, -0.2) is 60.5 Å². The van der Waals surface area contributed by atoms with Gasteiger partial charge in [0.1, 0.15) is 5.01 Å². The van der Waals surface area contributed by atoms with Crippen LogP contribution in [0, 0.1) is 0 Å². The largest absolute Gasteiger partial charge is 0.468 e. The number of esters is 1. The van der Waals surface area contributed by atoms with Crippen LogP contribution in [0.3, 0.4) is 0 Å². The Bertz CT molecular complexity index is 486. The third-order valence-corrected chi connectivity index (χ3v) is 3.95. The maximum absolute atomic E-state index is 11.7. The monoisotopic (exact) mass is 313 g/mol. The zero-order chi connectivity index (χ0) is 16.0. The third-order valence-electron chi connectivity index (χ3n) is 3.06. The average Bonchev–Trinajstić information content (AvgIpc) is 2.84. The van der Waals surface area contributed by atoms with Crippen molar-refractivity contribution in [3.05, 3.63) is 16.1 Å². The SMILES string of the molecule is COC(=O)CN(Cc1csc(CC(=O)N(C)C)n1)C(C)C. The van der Waals surface area contributed by atoms with Gasteiger partial charge in [0, 0.05) is 32.1 Å². The fourth-order valence-corrected chi connectivity index (χ4v) is 2.43. The summed E-state index contributed by atoms with van der Waals surface area (Å²) in [5, 5.41) is 2.73. The van der Waals surface area contributed by atoms with Crippen LogP contribution in [0.4, 0.5) is 0 Å². The molecule has 1 aromatic heterocycles. The van der Waals surface area contributed by atoms with Crippen LogP contribution in [0.5, 0.6) is 0 Å². The molecular weight excluding hydrogens is 290 g/mol. The van der Waals surface area contributed by atoms with Crippen molar-refractivity contribution in [3.8, 4) is 0 Å². The number of amides is 1. The van der Waals surface area contributed by atoms with Gasteiger partial charge in [-0.15, -0.1) is 11.3 Å². The van der Waals surface area contributed by atoms with E-state index >= 15 is 0 Å². The second-order valence-corrected chi connectivity index (χ2v) is 6.22. The number of hydrogen-bond acceptors (Lipinski definition) is 6. The van der Waals surface area contributed by atoms with Gasteiger partial charge in [-0.3, -0.25) is 14.5 Å². The number of hydrogen-bond donors (Lipinski definition) is 0. The van der Waals surface area contributed by atoms with Crippen LogP contribution in [0.1, 0.15) is 24.5 Å². The van der Waals surface area contributed by atoms with Crippen molar-refractivity contribution in [3.63, 3.8) is 0 Å². The number of carbonyl (C=O) groups is 2. The van der Waals surface area contributed by atoms with Crippen LogP contribution < -0.4 is 0 Å². The van der Waals surface area contributed by atoms with Gasteiger partial charge in [0.05, 0.1) is 25.8 Å². The van der Waals surface area contributed by atoms with E-state index in [4.69, 9.17) is 4.74 Å². The van der Waals surface area contributed by atoms with Gasteiger partial charge < -0.3 is 9.64 Å². The molecule has 7 heteroatoms. The molecule has 0 saturated heterocycles. The first-order valence-electron chi connectivity index (χ1n) is 6.77. The topological polar surface area (TPSA) is 62.7 Å². The molecule has 0 unspecified atom stereocenters. The Morgan fingerprint density at radius 1 is 1.38 bits per heavy atom. The molecule has 1 rings (SSSR count). The maximum Gasteiger partial charge on any atom is 0.319 e. The molecule has 0 N–H and O–H groups in total. The number of methoxy groups -OCH3 is 1. The standard InChI is InChI=1S/C14H23N3O3S/c1-10(2)17(8-14(19)20-5)7-11-9-21-12(15-11)6-13(18)16(3)4/h9-10H,6-8H2,1-5H3. The molecule has 118 valence electrons. The summed E-state index contributed by atoms with van der Waals surface area (Å²) in [6.45, 7) is 4.84. The number of thiazole rings is 1. The van der Waals surface area contributed by atoms with Crippen molar-refractivity contribution < 1.29 is 14.3 Å². The third kappa shape index (κ3) is 5.81. The summed E-state index contributed by atoms with van der Waals surface area (Å²) in [5.41, 5.74) is 0.874. The van der Waals surface area contributed by atoms with Crippen molar-refractivity contribution in [1.82, 2.24) is 14.8 Å². The fraction of sp³-hybridized carbons (Fsp3) is 0.643. The molecular formula is C14H23N3O3S. The van der Waals surface area contributed by atoms with Gasteiger partial charge in [0.25, 0.3) is 0 Å². The Morgan fingerprint density at radius 3 is 2.57 bits per heavy atom. The summed E-state index contributed by atoms with van der Waals surface area (Å²) in [6, 6.07) is 0.206. The number of ether oxygens (including phenoxy) is 1. The first kappa shape index (κ1) is 17.6. The van der Waals surface area contributed by atoms with Crippen molar-refractivity contribution in [2.45, 2.75) is 32.9 Å². The average molecular weight is 313 g/mol. The van der Waals surface area contributed by atoms with Crippen LogP contribution in [0.15, 0.2) is 5.38 Å². The van der Waals surface area contributed by atoms with Crippen LogP contribution in [0.2, 0.25) is 0 Å². The fourth-order valence-electron chi connectivity index (χ4n) is 1.65. The predicted molar refractivity (Wildman–Crippen MR) is 82.1 cm³/mol. The smallest absolute Gasteiger partial charge is 0.319 e. The molecule has 1 aromatic rings. The summed E-state index contributed by atoms with van der Waals surface area (Å²) < 4.78 is 4.70. The summed E-state index contributed by atoms with van der Waals surface area (Å²) in [6.07, 6.45) is 0.316. The van der Waals surface area contributed by atoms with Gasteiger partial charge in [-0.2, -0.15) is 0 Å². The Labute approximate surface area is 129 Å². The van der Waals surface area contributed by atoms with Crippen LogP contribution >= 0.6 is 11.3 Å². The highest BCUT2D eigenvalue weighted by atomic mass is 32.1. The lowest BCUT2D eigenvalue weighted by molar-refractivity contribution is -0.142. The lowest BCUT2D eigenvalue weighted by Crippen LogP contribution is -2.35. The summed E-state index contributed by atoms with van der Waals surface area (Å²) in [5.74, 6) is -0.229. The number of aromatic nitrogens is 1. The molecule has 0 bridgehead atoms. The Morgan fingerprint density at radius 2 is 2.05 bits per heavy atom. The number of carbonyl (C=O) groups excluding carboxylic acids is 2. The van der Waals surface area contributed by atoms with E-state index in [0.29, 0.717) is 13.0 Å². The van der Waals surface area contributed by atoms with Gasteiger partial charge in [-0.25, -0.2) is 4.98 Å². The van der Waals surface area contributed by atoms with E-state index in [-0.39, 0.29) is 24.5 Å². The molecule has 21 heavy (non-hydrogen) atoms. The number of rotatable bonds is 7. The molecule has 6 nitrogen and oxygen atoms in total. The molecule has 0 radical (unpaired) electrons. The highest BCUT2D eigenvalue weighted by molar-refractivity contribution is 7.09. The second-order valence-electron chi connectivity index (χ2n) is 5.27. The van der Waals surface area contributed by atoms with Gasteiger partial charge in [-0.1, -0.05) is 0 Å². The van der Waals surface area contributed by atoms with E-state index in [9.17, 15) is 9.59 Å². The zero-order valence-electron chi connectivity index (χ0n) is 13.3. The van der Waals surface area contributed by atoms with E-state index in [0.717, 1.165) is 10.7 Å². The summed E-state index contributed by atoms with van der Waals surface area (Å²) in [4.78, 5) is 31.1. The normalized spacial score (nSPS) is 11.0. The van der Waals surface area contributed by atoms with E-state index in [1.54, 1.807) is 19.0 Å². The van der Waals surface area contributed by atoms with E-state index in [1.165, 1.54) is 18.4 Å². The molecule has 0 aliphatic carbocycles. The molecule has 0 fully saturated rings. The van der Waals surface area contributed by atoms with Gasteiger partial charge in [0.15, 0.2) is 0 Å². The summed E-state index contributed by atoms with van der Waals surface area (Å²) >= 11 is 1.47. The maximum atomic E-state index is 11.7. The summed E-state index contributed by atoms with van der Waals surface area (Å²) in [7, 11) is 4.84. The molecule has 1 heterocycles. The molecule has 1 amide bonds. The van der Waals surface area contributed by atoms with Crippen LogP contribution in [0.25, 0.3) is 0 Å². The Hall–Kier alpha value is -1.47. The van der Waals surface area contributed by atoms with Crippen LogP contribution in [-0.2, 0) is 27.3 Å². The first-order chi connectivity index (χ1) is 9.83. The molecule has 0 saturated carbocycles. The minimum Gasteiger partial charge on any atom is -0.468 e. The Kier molecular flexibility index (Phi) is 6.77. The minimum atomic E-state index is -0.262. The quantitative estimate of drug-likeness (QED) is 0.707. The molecule has 0 aliphatic heterocycles. The number of likely N-dealkylation sites (N-methyl/N-ethyl adjacent to an activating group) is 1. The second kappa shape index (κ2) is 8.09. The molecule has 0 aromatic carbocycles. The van der Waals surface area contributed by atoms with Gasteiger partial charge in [-0.05, 0) is 13.8 Å². The van der Waals surface area contributed by atoms with Gasteiger partial charge >= 0.3 is 5.97 Å². The lowest BCUT2D eigenvalue weighted by atomic mass is 10.3. The molecule has 0 spiro atoms. The molecule has 0 atom stereocenters. The van der Waals surface area contributed by atoms with Crippen molar-refractivity contribution >= 4 is 23.2 Å². The minimum absolute atomic E-state index is 0.0335. The van der Waals surface area contributed by atoms with E-state index in [2.05, 4.69) is 4.98 Å². The van der Waals surface area contributed by atoms with Crippen molar-refractivity contribution in [2.24, 2.45) is 0 Å². The zero-order valence-corrected chi connectivity index (χ0v) is 14.1. The lowest BCUT2D eigenvalue weighted by Gasteiger charge is -2.24. The van der Waals surface area contributed by atoms with Crippen molar-refractivity contribution in [2.75, 3.05) is 27.7 Å². The predicted octanol–water partition coefficient (Wildman–Crippen LogP) is 1.16. The highest BCUT2D eigenvalue weighted by Crippen LogP contribution is 2.14. The van der Waals surface area contributed by atoms with E-state index < -0.39 is 0 Å². The highest BCUT2D eigenvalue weighted by Gasteiger charge is 2.17. The first-order valence-corrected chi connectivity index (χ1v) is 7.65. The molecule has 0 aliphatic rings. The number of nitrogens with zero attached hydrogens (tertiary/aromatic N) is 3. The van der Waals surface area contributed by atoms with Crippen molar-refractivity contribution in [1.29, 1.82) is 0 Å². The van der Waals surface area contributed by atoms with Gasteiger partial charge in [0.2, 0.25) is 5.91 Å².